The number of rotatable bonds is 9. The first-order valence-corrected chi connectivity index (χ1v) is 7.60. The minimum atomic E-state index is -0.369. The van der Waals surface area contributed by atoms with Gasteiger partial charge in [0.15, 0.2) is 0 Å². The van der Waals surface area contributed by atoms with Crippen LogP contribution < -0.4 is 0 Å². The Morgan fingerprint density at radius 3 is 2.50 bits per heavy atom. The van der Waals surface area contributed by atoms with Crippen LogP contribution in [-0.2, 0) is 4.79 Å². The first-order valence-electron chi connectivity index (χ1n) is 7.60. The zero-order chi connectivity index (χ0) is 15.5. The number of likely N-dealkylation sites (N-methyl/N-ethyl adjacent to an activating group) is 2. The van der Waals surface area contributed by atoms with Crippen LogP contribution in [0.5, 0.6) is 0 Å². The Morgan fingerprint density at radius 2 is 2.00 bits per heavy atom. The van der Waals surface area contributed by atoms with Crippen LogP contribution >= 0.6 is 0 Å². The van der Waals surface area contributed by atoms with Gasteiger partial charge in [-0.25, -0.2) is 0 Å². The summed E-state index contributed by atoms with van der Waals surface area (Å²) < 4.78 is 0. The summed E-state index contributed by atoms with van der Waals surface area (Å²) in [5.74, 6) is 0.985. The zero-order valence-electron chi connectivity index (χ0n) is 13.7. The molecule has 0 heterocycles. The summed E-state index contributed by atoms with van der Waals surface area (Å²) in [6, 6.07) is 0. The van der Waals surface area contributed by atoms with E-state index in [1.54, 1.807) is 11.8 Å². The molecule has 0 aliphatic rings. The fourth-order valence-corrected chi connectivity index (χ4v) is 1.74. The van der Waals surface area contributed by atoms with Gasteiger partial charge in [0.2, 0.25) is 5.91 Å². The van der Waals surface area contributed by atoms with Crippen LogP contribution in [-0.4, -0.2) is 66.0 Å². The van der Waals surface area contributed by atoms with E-state index in [4.69, 9.17) is 0 Å². The molecule has 0 aromatic heterocycles. The van der Waals surface area contributed by atoms with E-state index in [-0.39, 0.29) is 12.0 Å². The first-order chi connectivity index (χ1) is 9.42. The highest BCUT2D eigenvalue weighted by molar-refractivity contribution is 5.86. The van der Waals surface area contributed by atoms with Crippen molar-refractivity contribution in [3.63, 3.8) is 0 Å². The van der Waals surface area contributed by atoms with Crippen LogP contribution in [0, 0.1) is 0 Å². The number of aliphatic hydroxyl groups is 1. The van der Waals surface area contributed by atoms with E-state index in [2.05, 4.69) is 11.9 Å². The van der Waals surface area contributed by atoms with Gasteiger partial charge in [-0.1, -0.05) is 13.3 Å². The fraction of sp³-hybridized carbons (Fsp3) is 0.867. The number of carbonyl (C=O) groups excluding carboxylic acids is 1. The van der Waals surface area contributed by atoms with E-state index in [1.165, 1.54) is 0 Å². The minimum absolute atomic E-state index is 0.0840. The molecule has 0 saturated carbocycles. The second-order valence-corrected chi connectivity index (χ2v) is 5.25. The van der Waals surface area contributed by atoms with Crippen molar-refractivity contribution in [2.75, 3.05) is 33.2 Å². The van der Waals surface area contributed by atoms with E-state index < -0.39 is 0 Å². The minimum Gasteiger partial charge on any atom is -0.393 e. The van der Waals surface area contributed by atoms with Crippen molar-refractivity contribution < 1.29 is 9.90 Å². The number of aliphatic hydroxyl groups excluding tert-OH is 1. The Kier molecular flexibility index (Phi) is 10.1. The molecule has 0 aromatic rings. The molecule has 5 heteroatoms. The van der Waals surface area contributed by atoms with Crippen molar-refractivity contribution in [1.82, 2.24) is 9.80 Å². The number of amidine groups is 1. The first kappa shape index (κ1) is 18.9. The largest absolute Gasteiger partial charge is 0.393 e. The summed E-state index contributed by atoms with van der Waals surface area (Å²) in [6.07, 6.45) is 2.45. The molecule has 0 bridgehead atoms. The maximum atomic E-state index is 12.2. The predicted octanol–water partition coefficient (Wildman–Crippen LogP) is 1.76. The van der Waals surface area contributed by atoms with Gasteiger partial charge < -0.3 is 14.9 Å². The topological polar surface area (TPSA) is 56.1 Å². The van der Waals surface area contributed by atoms with Crippen molar-refractivity contribution in [1.29, 1.82) is 0 Å². The van der Waals surface area contributed by atoms with E-state index in [1.807, 2.05) is 25.8 Å². The monoisotopic (exact) mass is 285 g/mol. The summed E-state index contributed by atoms with van der Waals surface area (Å²) in [4.78, 5) is 20.3. The molecule has 5 nitrogen and oxygen atoms in total. The maximum Gasteiger partial charge on any atom is 0.242 e. The van der Waals surface area contributed by atoms with Crippen LogP contribution in [0.25, 0.3) is 0 Å². The van der Waals surface area contributed by atoms with Gasteiger partial charge in [-0.05, 0) is 33.6 Å². The highest BCUT2D eigenvalue weighted by Gasteiger charge is 2.15. The molecule has 0 spiro atoms. The lowest BCUT2D eigenvalue weighted by atomic mass is 10.2. The average Bonchev–Trinajstić information content (AvgIpc) is 2.39. The molecule has 0 fully saturated rings. The van der Waals surface area contributed by atoms with Crippen LogP contribution in [0.4, 0.5) is 0 Å². The quantitative estimate of drug-likeness (QED) is 0.399. The molecule has 0 rings (SSSR count). The second kappa shape index (κ2) is 10.7. The number of amides is 1. The SMILES string of the molecule is CCCCN=C(C)N(C)CC(=O)N(CC)CCC(C)O. The van der Waals surface area contributed by atoms with Crippen molar-refractivity contribution in [3.05, 3.63) is 0 Å². The highest BCUT2D eigenvalue weighted by Crippen LogP contribution is 1.99. The third-order valence-corrected chi connectivity index (χ3v) is 3.33. The van der Waals surface area contributed by atoms with Crippen LogP contribution in [0.1, 0.15) is 47.0 Å². The number of carbonyl (C=O) groups is 1. The van der Waals surface area contributed by atoms with E-state index >= 15 is 0 Å². The standard InChI is InChI=1S/C15H31N3O2/c1-6-8-10-16-14(4)17(5)12-15(20)18(7-2)11-9-13(3)19/h13,19H,6-12H2,1-5H3. The third kappa shape index (κ3) is 8.15. The Labute approximate surface area is 123 Å². The summed E-state index contributed by atoms with van der Waals surface area (Å²) >= 11 is 0. The lowest BCUT2D eigenvalue weighted by Gasteiger charge is -2.25. The van der Waals surface area contributed by atoms with Gasteiger partial charge in [0.25, 0.3) is 0 Å². The van der Waals surface area contributed by atoms with Gasteiger partial charge in [-0.15, -0.1) is 0 Å². The maximum absolute atomic E-state index is 12.2. The van der Waals surface area contributed by atoms with Crippen LogP contribution in [0.2, 0.25) is 0 Å². The Bertz CT molecular complexity index is 303. The van der Waals surface area contributed by atoms with E-state index in [0.29, 0.717) is 26.1 Å². The molecule has 0 aromatic carbocycles. The fourth-order valence-electron chi connectivity index (χ4n) is 1.74. The van der Waals surface area contributed by atoms with Gasteiger partial charge in [0.05, 0.1) is 18.5 Å². The molecule has 1 N–H and O–H groups in total. The molecule has 1 atom stereocenters. The third-order valence-electron chi connectivity index (χ3n) is 3.33. The van der Waals surface area contributed by atoms with Gasteiger partial charge >= 0.3 is 0 Å². The lowest BCUT2D eigenvalue weighted by molar-refractivity contribution is -0.131. The van der Waals surface area contributed by atoms with E-state index in [9.17, 15) is 9.90 Å². The van der Waals surface area contributed by atoms with Crippen LogP contribution in [0.3, 0.4) is 0 Å². The number of unbranched alkanes of at least 4 members (excludes halogenated alkanes) is 1. The molecule has 1 unspecified atom stereocenters. The van der Waals surface area contributed by atoms with Gasteiger partial charge in [-0.2, -0.15) is 0 Å². The lowest BCUT2D eigenvalue weighted by Crippen LogP contribution is -2.41. The summed E-state index contributed by atoms with van der Waals surface area (Å²) in [6.45, 7) is 10.2. The number of aliphatic imine (C=N–C) groups is 1. The molecule has 20 heavy (non-hydrogen) atoms. The smallest absolute Gasteiger partial charge is 0.242 e. The highest BCUT2D eigenvalue weighted by atomic mass is 16.3. The van der Waals surface area contributed by atoms with Crippen LogP contribution in [0.15, 0.2) is 4.99 Å². The Morgan fingerprint density at radius 1 is 1.35 bits per heavy atom. The van der Waals surface area contributed by atoms with Gasteiger partial charge in [-0.3, -0.25) is 9.79 Å². The Hall–Kier alpha value is -1.10. The summed E-state index contributed by atoms with van der Waals surface area (Å²) in [5.41, 5.74) is 0. The molecule has 0 radical (unpaired) electrons. The van der Waals surface area contributed by atoms with Crippen molar-refractivity contribution >= 4 is 11.7 Å². The summed E-state index contributed by atoms with van der Waals surface area (Å²) in [7, 11) is 1.89. The molecule has 0 aliphatic carbocycles. The number of hydrogen-bond donors (Lipinski definition) is 1. The molecule has 0 aliphatic heterocycles. The zero-order valence-corrected chi connectivity index (χ0v) is 13.7. The molecular weight excluding hydrogens is 254 g/mol. The van der Waals surface area contributed by atoms with Crippen molar-refractivity contribution in [2.45, 2.75) is 53.1 Å². The summed E-state index contributed by atoms with van der Waals surface area (Å²) in [5, 5.41) is 9.30. The number of nitrogens with zero attached hydrogens (tertiary/aromatic N) is 3. The normalized spacial score (nSPS) is 13.2. The predicted molar refractivity (Wildman–Crippen MR) is 84.1 cm³/mol. The molecule has 0 saturated heterocycles. The van der Waals surface area contributed by atoms with Gasteiger partial charge in [0, 0.05) is 26.7 Å². The van der Waals surface area contributed by atoms with Crippen molar-refractivity contribution in [3.8, 4) is 0 Å². The van der Waals surface area contributed by atoms with Gasteiger partial charge in [0.1, 0.15) is 0 Å². The second-order valence-electron chi connectivity index (χ2n) is 5.25. The molecular formula is C15H31N3O2. The molecule has 1 amide bonds. The molecule has 118 valence electrons. The number of hydrogen-bond acceptors (Lipinski definition) is 3. The average molecular weight is 285 g/mol. The van der Waals surface area contributed by atoms with E-state index in [0.717, 1.165) is 25.2 Å². The van der Waals surface area contributed by atoms with Crippen molar-refractivity contribution in [2.24, 2.45) is 4.99 Å². The Balaban J connectivity index is 4.29.